The molecule has 62 valence electrons. The van der Waals surface area contributed by atoms with E-state index in [1.807, 2.05) is 7.85 Å². The van der Waals surface area contributed by atoms with Crippen LogP contribution in [0.25, 0.3) is 0 Å². The Morgan fingerprint density at radius 1 is 1.64 bits per heavy atom. The summed E-state index contributed by atoms with van der Waals surface area (Å²) in [6.45, 7) is 0.134. The predicted molar refractivity (Wildman–Crippen MR) is 39.0 cm³/mol. The Bertz CT molecular complexity index is 176. The van der Waals surface area contributed by atoms with Gasteiger partial charge in [-0.3, -0.25) is 0 Å². The fraction of sp³-hybridized carbons (Fsp3) is 1.00. The molecule has 2 rings (SSSR count). The maximum atomic E-state index is 9.54. The summed E-state index contributed by atoms with van der Waals surface area (Å²) in [6, 6.07) is -0.106. The van der Waals surface area contributed by atoms with Crippen molar-refractivity contribution in [2.75, 3.05) is 13.2 Å². The van der Waals surface area contributed by atoms with Gasteiger partial charge in [-0.15, -0.1) is 0 Å². The van der Waals surface area contributed by atoms with Gasteiger partial charge in [0.15, 0.2) is 0 Å². The zero-order valence-electron chi connectivity index (χ0n) is 6.36. The average molecular weight is 158 g/mol. The van der Waals surface area contributed by atoms with E-state index in [4.69, 9.17) is 14.6 Å². The third-order valence-electron chi connectivity index (χ3n) is 2.52. The molecule has 0 saturated carbocycles. The molecule has 2 unspecified atom stereocenters. The van der Waals surface area contributed by atoms with E-state index < -0.39 is 11.7 Å². The number of fused-ring (bicyclic) bond motifs is 2. The Labute approximate surface area is 65.5 Å². The van der Waals surface area contributed by atoms with Crippen LogP contribution in [0.1, 0.15) is 0 Å². The van der Waals surface area contributed by atoms with Crippen LogP contribution in [0.15, 0.2) is 0 Å². The highest BCUT2D eigenvalue weighted by molar-refractivity contribution is 6.11. The quantitative estimate of drug-likeness (QED) is 0.413. The SMILES string of the molecule is B[C@@H]1O[C@@]2(CO)COC1C2O. The number of hydrogen-bond donors (Lipinski definition) is 2. The third kappa shape index (κ3) is 0.795. The van der Waals surface area contributed by atoms with Crippen molar-refractivity contribution in [1.82, 2.24) is 0 Å². The first kappa shape index (κ1) is 7.55. The van der Waals surface area contributed by atoms with Crippen LogP contribution in [-0.4, -0.2) is 55.1 Å². The largest absolute Gasteiger partial charge is 0.393 e. The van der Waals surface area contributed by atoms with E-state index in [9.17, 15) is 5.11 Å². The second-order valence-electron chi connectivity index (χ2n) is 3.27. The molecule has 5 heteroatoms. The molecule has 4 atom stereocenters. The van der Waals surface area contributed by atoms with Gasteiger partial charge in [-0.2, -0.15) is 0 Å². The number of hydrogen-bond acceptors (Lipinski definition) is 4. The van der Waals surface area contributed by atoms with Crippen molar-refractivity contribution >= 4 is 7.85 Å². The smallest absolute Gasteiger partial charge is 0.142 e. The molecule has 0 spiro atoms. The number of aliphatic hydroxyl groups excluding tert-OH is 2. The van der Waals surface area contributed by atoms with Crippen LogP contribution in [0.4, 0.5) is 0 Å². The van der Waals surface area contributed by atoms with Crippen molar-refractivity contribution in [1.29, 1.82) is 0 Å². The predicted octanol–water partition coefficient (Wildman–Crippen LogP) is -2.53. The first-order chi connectivity index (χ1) is 5.19. The highest BCUT2D eigenvalue weighted by atomic mass is 16.6. The van der Waals surface area contributed by atoms with Crippen LogP contribution >= 0.6 is 0 Å². The highest BCUT2D eigenvalue weighted by Gasteiger charge is 2.58. The summed E-state index contributed by atoms with van der Waals surface area (Å²) < 4.78 is 10.6. The molecule has 0 amide bonds. The van der Waals surface area contributed by atoms with Crippen LogP contribution in [0.5, 0.6) is 0 Å². The maximum Gasteiger partial charge on any atom is 0.142 e. The van der Waals surface area contributed by atoms with Crippen LogP contribution in [0.3, 0.4) is 0 Å². The molecular weight excluding hydrogens is 147 g/mol. The molecule has 2 N–H and O–H groups in total. The Kier molecular flexibility index (Phi) is 1.51. The van der Waals surface area contributed by atoms with E-state index in [0.29, 0.717) is 6.61 Å². The number of aliphatic hydroxyl groups is 2. The van der Waals surface area contributed by atoms with Crippen molar-refractivity contribution in [2.24, 2.45) is 0 Å². The summed E-state index contributed by atoms with van der Waals surface area (Å²) in [5, 5.41) is 18.5. The topological polar surface area (TPSA) is 58.9 Å². The van der Waals surface area contributed by atoms with Crippen molar-refractivity contribution in [3.05, 3.63) is 0 Å². The van der Waals surface area contributed by atoms with E-state index in [1.165, 1.54) is 0 Å². The van der Waals surface area contributed by atoms with E-state index in [2.05, 4.69) is 0 Å². The molecule has 0 aliphatic carbocycles. The summed E-state index contributed by atoms with van der Waals surface area (Å²) in [6.07, 6.45) is -0.912. The lowest BCUT2D eigenvalue weighted by Crippen LogP contribution is -2.44. The van der Waals surface area contributed by atoms with Gasteiger partial charge in [0.05, 0.1) is 19.2 Å². The molecule has 2 bridgehead atoms. The monoisotopic (exact) mass is 158 g/mol. The molecular formula is C6H11BO4. The first-order valence-corrected chi connectivity index (χ1v) is 3.78. The van der Waals surface area contributed by atoms with Crippen molar-refractivity contribution in [3.8, 4) is 0 Å². The fourth-order valence-corrected chi connectivity index (χ4v) is 1.82. The lowest BCUT2D eigenvalue weighted by atomic mass is 9.92. The Morgan fingerprint density at radius 3 is 2.64 bits per heavy atom. The normalized spacial score (nSPS) is 55.3. The lowest BCUT2D eigenvalue weighted by molar-refractivity contribution is -0.136. The summed E-state index contributed by atoms with van der Waals surface area (Å²) in [7, 11) is 1.84. The zero-order chi connectivity index (χ0) is 8.06. The molecule has 2 aliphatic heterocycles. The van der Waals surface area contributed by atoms with Crippen molar-refractivity contribution < 1.29 is 19.7 Å². The van der Waals surface area contributed by atoms with E-state index in [1.54, 1.807) is 0 Å². The maximum absolute atomic E-state index is 9.54. The minimum absolute atomic E-state index is 0.106. The van der Waals surface area contributed by atoms with Gasteiger partial charge in [0, 0.05) is 0 Å². The summed E-state index contributed by atoms with van der Waals surface area (Å²) >= 11 is 0. The molecule has 2 fully saturated rings. The molecule has 2 saturated heterocycles. The summed E-state index contributed by atoms with van der Waals surface area (Å²) in [5.41, 5.74) is -0.829. The van der Waals surface area contributed by atoms with Gasteiger partial charge in [-0.1, -0.05) is 0 Å². The number of rotatable bonds is 1. The van der Waals surface area contributed by atoms with E-state index in [0.717, 1.165) is 0 Å². The zero-order valence-corrected chi connectivity index (χ0v) is 6.36. The second-order valence-corrected chi connectivity index (χ2v) is 3.27. The van der Waals surface area contributed by atoms with Crippen LogP contribution in [-0.2, 0) is 9.47 Å². The minimum Gasteiger partial charge on any atom is -0.393 e. The molecule has 4 nitrogen and oxygen atoms in total. The molecule has 0 radical (unpaired) electrons. The standard InChI is InChI=1S/C6H11BO4/c7-5-3-4(9)6(1-8,11-5)2-10-3/h3-5,8-9H,1-2,7H2/t3?,4?,5-,6+/m1/s1. The van der Waals surface area contributed by atoms with Crippen LogP contribution in [0.2, 0.25) is 0 Å². The second kappa shape index (κ2) is 2.20. The van der Waals surface area contributed by atoms with E-state index >= 15 is 0 Å². The van der Waals surface area contributed by atoms with Crippen molar-refractivity contribution in [3.63, 3.8) is 0 Å². The van der Waals surface area contributed by atoms with Crippen molar-refractivity contribution in [2.45, 2.75) is 23.8 Å². The fourth-order valence-electron chi connectivity index (χ4n) is 1.82. The summed E-state index contributed by atoms with van der Waals surface area (Å²) in [4.78, 5) is 0. The minimum atomic E-state index is -0.829. The molecule has 2 aliphatic rings. The van der Waals surface area contributed by atoms with Gasteiger partial charge in [-0.05, 0) is 0 Å². The molecule has 0 aromatic heterocycles. The number of ether oxygens (including phenoxy) is 2. The molecule has 0 aromatic carbocycles. The van der Waals surface area contributed by atoms with Gasteiger partial charge >= 0.3 is 0 Å². The van der Waals surface area contributed by atoms with Gasteiger partial charge in [0.2, 0.25) is 0 Å². The average Bonchev–Trinajstić information content (AvgIpc) is 2.42. The Balaban J connectivity index is 2.24. The van der Waals surface area contributed by atoms with E-state index in [-0.39, 0.29) is 18.7 Å². The van der Waals surface area contributed by atoms with Gasteiger partial charge in [0.25, 0.3) is 0 Å². The third-order valence-corrected chi connectivity index (χ3v) is 2.52. The molecule has 2 heterocycles. The summed E-state index contributed by atoms with van der Waals surface area (Å²) in [5.74, 6) is 0. The molecule has 0 aromatic rings. The van der Waals surface area contributed by atoms with Crippen LogP contribution < -0.4 is 0 Å². The Hall–Kier alpha value is -0.0951. The van der Waals surface area contributed by atoms with Crippen LogP contribution in [0, 0.1) is 0 Å². The lowest BCUT2D eigenvalue weighted by Gasteiger charge is -2.27. The van der Waals surface area contributed by atoms with Gasteiger partial charge < -0.3 is 19.7 Å². The van der Waals surface area contributed by atoms with Gasteiger partial charge in [-0.25, -0.2) is 0 Å². The molecule has 11 heavy (non-hydrogen) atoms. The first-order valence-electron chi connectivity index (χ1n) is 3.78. The Morgan fingerprint density at radius 2 is 2.36 bits per heavy atom. The van der Waals surface area contributed by atoms with Gasteiger partial charge in [0.1, 0.15) is 25.7 Å². The highest BCUT2D eigenvalue weighted by Crippen LogP contribution is 2.38.